The molecule has 0 radical (unpaired) electrons. The van der Waals surface area contributed by atoms with Crippen LogP contribution in [0.3, 0.4) is 0 Å². The zero-order valence-electron chi connectivity index (χ0n) is 15.6. The first-order chi connectivity index (χ1) is 13.0. The summed E-state index contributed by atoms with van der Waals surface area (Å²) in [5.74, 6) is -4.83. The average molecular weight is 392 g/mol. The fourth-order valence-electron chi connectivity index (χ4n) is 2.42. The van der Waals surface area contributed by atoms with Gasteiger partial charge < -0.3 is 9.47 Å². The summed E-state index contributed by atoms with van der Waals surface area (Å²) in [6.07, 6.45) is 0.156. The van der Waals surface area contributed by atoms with E-state index in [0.29, 0.717) is 0 Å². The molecule has 0 heterocycles. The van der Waals surface area contributed by atoms with E-state index in [1.54, 1.807) is 0 Å². The van der Waals surface area contributed by atoms with Gasteiger partial charge in [-0.3, -0.25) is 0 Å². The Morgan fingerprint density at radius 1 is 1.07 bits per heavy atom. The highest BCUT2D eigenvalue weighted by atomic mass is 19.2. The van der Waals surface area contributed by atoms with Crippen molar-refractivity contribution in [1.82, 2.24) is 0 Å². The molecule has 28 heavy (non-hydrogen) atoms. The van der Waals surface area contributed by atoms with Gasteiger partial charge in [-0.1, -0.05) is 25.3 Å². The van der Waals surface area contributed by atoms with E-state index < -0.39 is 40.9 Å². The first kappa shape index (κ1) is 21.2. The van der Waals surface area contributed by atoms with E-state index in [1.807, 2.05) is 0 Å². The molecule has 1 aliphatic carbocycles. The molecule has 1 aliphatic rings. The SMILES string of the molecule is C=C(C)C(=O)OC1=C(F)C(F)C(C)(c2ccc(OC(=O)C(=C)C)c(F)c2)C=C1. The minimum atomic E-state index is -2.23. The molecule has 2 rings (SSSR count). The largest absolute Gasteiger partial charge is 0.420 e. The third kappa shape index (κ3) is 4.08. The molecule has 148 valence electrons. The number of rotatable bonds is 5. The van der Waals surface area contributed by atoms with Crippen LogP contribution in [0.1, 0.15) is 26.3 Å². The highest BCUT2D eigenvalue weighted by Gasteiger charge is 2.42. The molecule has 0 saturated carbocycles. The molecule has 0 fully saturated rings. The molecule has 0 amide bonds. The van der Waals surface area contributed by atoms with Gasteiger partial charge in [-0.05, 0) is 44.5 Å². The lowest BCUT2D eigenvalue weighted by atomic mass is 9.75. The Morgan fingerprint density at radius 2 is 1.64 bits per heavy atom. The Kier molecular flexibility index (Phi) is 5.97. The van der Waals surface area contributed by atoms with Crippen molar-refractivity contribution < 1.29 is 32.2 Å². The number of alkyl halides is 1. The summed E-state index contributed by atoms with van der Waals surface area (Å²) in [5, 5.41) is 0. The van der Waals surface area contributed by atoms with Gasteiger partial charge in [0.25, 0.3) is 0 Å². The van der Waals surface area contributed by atoms with Gasteiger partial charge in [0.2, 0.25) is 0 Å². The van der Waals surface area contributed by atoms with Gasteiger partial charge in [0.05, 0.1) is 0 Å². The zero-order chi connectivity index (χ0) is 21.2. The predicted octanol–water partition coefficient (Wildman–Crippen LogP) is 4.77. The van der Waals surface area contributed by atoms with E-state index in [4.69, 9.17) is 9.47 Å². The van der Waals surface area contributed by atoms with Gasteiger partial charge in [-0.15, -0.1) is 0 Å². The Hall–Kier alpha value is -3.09. The quantitative estimate of drug-likeness (QED) is 0.411. The maximum atomic E-state index is 14.8. The summed E-state index contributed by atoms with van der Waals surface area (Å²) in [6, 6.07) is 3.42. The van der Waals surface area contributed by atoms with Crippen molar-refractivity contribution in [3.63, 3.8) is 0 Å². The van der Waals surface area contributed by atoms with E-state index in [-0.39, 0.29) is 22.5 Å². The zero-order valence-corrected chi connectivity index (χ0v) is 15.6. The summed E-state index contributed by atoms with van der Waals surface area (Å²) < 4.78 is 53.2. The van der Waals surface area contributed by atoms with Gasteiger partial charge in [0, 0.05) is 16.6 Å². The number of esters is 2. The van der Waals surface area contributed by atoms with E-state index >= 15 is 0 Å². The van der Waals surface area contributed by atoms with Crippen molar-refractivity contribution >= 4 is 11.9 Å². The maximum Gasteiger partial charge on any atom is 0.338 e. The normalized spacial score (nSPS) is 21.3. The number of carbonyl (C=O) groups is 2. The number of carbonyl (C=O) groups excluding carboxylic acids is 2. The summed E-state index contributed by atoms with van der Waals surface area (Å²) in [4.78, 5) is 23.1. The lowest BCUT2D eigenvalue weighted by Gasteiger charge is -2.33. The summed E-state index contributed by atoms with van der Waals surface area (Å²) in [5.41, 5.74) is -1.36. The minimum absolute atomic E-state index is 0.0272. The number of halogens is 3. The second kappa shape index (κ2) is 7.88. The number of hydrogen-bond acceptors (Lipinski definition) is 4. The molecule has 0 aromatic heterocycles. The molecule has 2 atom stereocenters. The standard InChI is InChI=1S/C21H19F3O4/c1-11(2)19(25)27-15-7-6-13(10-14(15)22)21(5)9-8-16(17(23)18(21)24)28-20(26)12(3)4/h6-10,18H,1,3H2,2,4-5H3. The number of ether oxygens (including phenoxy) is 2. The van der Waals surface area contributed by atoms with Crippen molar-refractivity contribution in [2.24, 2.45) is 0 Å². The van der Waals surface area contributed by atoms with Crippen molar-refractivity contribution in [3.8, 4) is 5.75 Å². The molecule has 2 unspecified atom stereocenters. The Morgan fingerprint density at radius 3 is 2.18 bits per heavy atom. The molecule has 1 aromatic carbocycles. The van der Waals surface area contributed by atoms with Crippen molar-refractivity contribution in [1.29, 1.82) is 0 Å². The molecule has 0 N–H and O–H groups in total. The Balaban J connectivity index is 2.32. The average Bonchev–Trinajstić information content (AvgIpc) is 2.63. The van der Waals surface area contributed by atoms with Crippen LogP contribution in [0.5, 0.6) is 5.75 Å². The third-order valence-electron chi connectivity index (χ3n) is 4.22. The highest BCUT2D eigenvalue weighted by molar-refractivity contribution is 5.89. The van der Waals surface area contributed by atoms with Crippen LogP contribution in [0.4, 0.5) is 13.2 Å². The van der Waals surface area contributed by atoms with Crippen LogP contribution in [-0.4, -0.2) is 18.1 Å². The summed E-state index contributed by atoms with van der Waals surface area (Å²) >= 11 is 0. The van der Waals surface area contributed by atoms with Gasteiger partial charge in [-0.2, -0.15) is 0 Å². The molecule has 7 heteroatoms. The van der Waals surface area contributed by atoms with E-state index in [9.17, 15) is 22.8 Å². The topological polar surface area (TPSA) is 52.6 Å². The molecule has 4 nitrogen and oxygen atoms in total. The summed E-state index contributed by atoms with van der Waals surface area (Å²) in [6.45, 7) is 10.9. The minimum Gasteiger partial charge on any atom is -0.420 e. The second-order valence-corrected chi connectivity index (χ2v) is 6.68. The Labute approximate surface area is 160 Å². The van der Waals surface area contributed by atoms with Gasteiger partial charge in [0.1, 0.15) is 0 Å². The molecular formula is C21H19F3O4. The van der Waals surface area contributed by atoms with Crippen molar-refractivity contribution in [2.75, 3.05) is 0 Å². The first-order valence-electron chi connectivity index (χ1n) is 8.25. The van der Waals surface area contributed by atoms with E-state index in [2.05, 4.69) is 13.2 Å². The van der Waals surface area contributed by atoms with E-state index in [0.717, 1.165) is 18.2 Å². The number of hydrogen-bond donors (Lipinski definition) is 0. The van der Waals surface area contributed by atoms with Gasteiger partial charge in [0.15, 0.2) is 29.3 Å². The highest BCUT2D eigenvalue weighted by Crippen LogP contribution is 2.41. The third-order valence-corrected chi connectivity index (χ3v) is 4.22. The van der Waals surface area contributed by atoms with Gasteiger partial charge in [-0.25, -0.2) is 22.8 Å². The monoisotopic (exact) mass is 392 g/mol. The molecular weight excluding hydrogens is 373 g/mol. The van der Waals surface area contributed by atoms with Crippen LogP contribution in [0.2, 0.25) is 0 Å². The van der Waals surface area contributed by atoms with Crippen LogP contribution in [0, 0.1) is 5.82 Å². The summed E-state index contributed by atoms with van der Waals surface area (Å²) in [7, 11) is 0. The van der Waals surface area contributed by atoms with Crippen LogP contribution in [0.25, 0.3) is 0 Å². The number of benzene rings is 1. The van der Waals surface area contributed by atoms with Crippen LogP contribution >= 0.6 is 0 Å². The van der Waals surface area contributed by atoms with Gasteiger partial charge >= 0.3 is 11.9 Å². The van der Waals surface area contributed by atoms with E-state index in [1.165, 1.54) is 32.9 Å². The lowest BCUT2D eigenvalue weighted by Crippen LogP contribution is -2.35. The molecule has 0 aliphatic heterocycles. The molecule has 0 bridgehead atoms. The van der Waals surface area contributed by atoms with Crippen LogP contribution in [0.15, 0.2) is 66.2 Å². The van der Waals surface area contributed by atoms with Crippen molar-refractivity contribution in [3.05, 3.63) is 77.6 Å². The van der Waals surface area contributed by atoms with Crippen LogP contribution in [-0.2, 0) is 19.7 Å². The predicted molar refractivity (Wildman–Crippen MR) is 97.3 cm³/mol. The maximum absolute atomic E-state index is 14.8. The smallest absolute Gasteiger partial charge is 0.338 e. The Bertz CT molecular complexity index is 930. The first-order valence-corrected chi connectivity index (χ1v) is 8.25. The molecule has 1 aromatic rings. The fraction of sp³-hybridized carbons (Fsp3) is 0.238. The van der Waals surface area contributed by atoms with Crippen LogP contribution < -0.4 is 4.74 Å². The number of allylic oxidation sites excluding steroid dienone is 3. The fourth-order valence-corrected chi connectivity index (χ4v) is 2.42. The van der Waals surface area contributed by atoms with Crippen molar-refractivity contribution in [2.45, 2.75) is 32.4 Å². The molecule has 0 saturated heterocycles. The second-order valence-electron chi connectivity index (χ2n) is 6.68. The molecule has 0 spiro atoms. The lowest BCUT2D eigenvalue weighted by molar-refractivity contribution is -0.135.